The van der Waals surface area contributed by atoms with E-state index >= 15 is 0 Å². The number of benzene rings is 1. The number of thioether (sulfide) groups is 1. The van der Waals surface area contributed by atoms with Crippen LogP contribution in [0.2, 0.25) is 0 Å². The molecule has 1 aliphatic heterocycles. The van der Waals surface area contributed by atoms with Gasteiger partial charge in [-0.3, -0.25) is 9.69 Å². The third-order valence-electron chi connectivity index (χ3n) is 4.10. The predicted octanol–water partition coefficient (Wildman–Crippen LogP) is 1.97. The first-order valence-electron chi connectivity index (χ1n) is 8.02. The summed E-state index contributed by atoms with van der Waals surface area (Å²) < 4.78 is 13.0. The Balaban J connectivity index is 1.84. The molecule has 128 valence electrons. The summed E-state index contributed by atoms with van der Waals surface area (Å²) in [6.07, 6.45) is 2.49. The standard InChI is InChI=1S/C17H25FN2O2S/c1-23-12-7-16(21)17(22)20-9-2-8-19(10-11-20)13-14-3-5-15(18)6-4-14/h3-6,16,21H,2,7-13H2,1H3/t16-/m0/s1. The number of aliphatic hydroxyl groups excluding tert-OH is 1. The van der Waals surface area contributed by atoms with Crippen molar-refractivity contribution < 1.29 is 14.3 Å². The fourth-order valence-corrected chi connectivity index (χ4v) is 3.22. The largest absolute Gasteiger partial charge is 0.383 e. The second kappa shape index (κ2) is 9.25. The van der Waals surface area contributed by atoms with Crippen LogP contribution in [0.25, 0.3) is 0 Å². The number of amides is 1. The number of carbonyl (C=O) groups is 1. The maximum atomic E-state index is 13.0. The smallest absolute Gasteiger partial charge is 0.251 e. The van der Waals surface area contributed by atoms with Gasteiger partial charge in [0.25, 0.3) is 5.91 Å². The van der Waals surface area contributed by atoms with E-state index in [0.717, 1.165) is 37.4 Å². The first kappa shape index (κ1) is 18.2. The molecule has 1 saturated heterocycles. The molecule has 1 heterocycles. The van der Waals surface area contributed by atoms with Crippen molar-refractivity contribution in [3.05, 3.63) is 35.6 Å². The molecule has 0 aliphatic carbocycles. The SMILES string of the molecule is CSCC[C@H](O)C(=O)N1CCCN(Cc2ccc(F)cc2)CC1. The molecule has 0 aromatic heterocycles. The summed E-state index contributed by atoms with van der Waals surface area (Å²) in [5, 5.41) is 9.97. The molecule has 0 radical (unpaired) electrons. The molecule has 2 rings (SSSR count). The van der Waals surface area contributed by atoms with Crippen molar-refractivity contribution >= 4 is 17.7 Å². The zero-order valence-electron chi connectivity index (χ0n) is 13.6. The van der Waals surface area contributed by atoms with Crippen molar-refractivity contribution in [3.63, 3.8) is 0 Å². The predicted molar refractivity (Wildman–Crippen MR) is 91.9 cm³/mol. The van der Waals surface area contributed by atoms with E-state index < -0.39 is 6.10 Å². The average molecular weight is 340 g/mol. The van der Waals surface area contributed by atoms with Crippen LogP contribution >= 0.6 is 11.8 Å². The monoisotopic (exact) mass is 340 g/mol. The Hall–Kier alpha value is -1.11. The summed E-state index contributed by atoms with van der Waals surface area (Å²) in [6.45, 7) is 3.77. The lowest BCUT2D eigenvalue weighted by molar-refractivity contribution is -0.140. The molecule has 23 heavy (non-hydrogen) atoms. The summed E-state index contributed by atoms with van der Waals surface area (Å²) in [5.41, 5.74) is 1.08. The van der Waals surface area contributed by atoms with Crippen LogP contribution in [-0.2, 0) is 11.3 Å². The number of hydrogen-bond acceptors (Lipinski definition) is 4. The number of nitrogens with zero attached hydrogens (tertiary/aromatic N) is 2. The molecule has 6 heteroatoms. The topological polar surface area (TPSA) is 43.8 Å². The van der Waals surface area contributed by atoms with Crippen molar-refractivity contribution in [2.24, 2.45) is 0 Å². The van der Waals surface area contributed by atoms with E-state index in [1.54, 1.807) is 28.8 Å². The molecule has 0 spiro atoms. The van der Waals surface area contributed by atoms with Gasteiger partial charge in [0, 0.05) is 32.7 Å². The van der Waals surface area contributed by atoms with Crippen LogP contribution < -0.4 is 0 Å². The van der Waals surface area contributed by atoms with Crippen molar-refractivity contribution in [1.82, 2.24) is 9.80 Å². The summed E-state index contributed by atoms with van der Waals surface area (Å²) in [6, 6.07) is 6.56. The maximum absolute atomic E-state index is 13.0. The number of hydrogen-bond donors (Lipinski definition) is 1. The second-order valence-corrected chi connectivity index (χ2v) is 6.86. The highest BCUT2D eigenvalue weighted by molar-refractivity contribution is 7.98. The lowest BCUT2D eigenvalue weighted by atomic mass is 10.2. The van der Waals surface area contributed by atoms with Gasteiger partial charge in [-0.05, 0) is 42.5 Å². The molecule has 1 aromatic carbocycles. The van der Waals surface area contributed by atoms with Crippen LogP contribution in [0.15, 0.2) is 24.3 Å². The van der Waals surface area contributed by atoms with Crippen LogP contribution in [-0.4, -0.2) is 65.1 Å². The molecule has 0 saturated carbocycles. The van der Waals surface area contributed by atoms with Gasteiger partial charge < -0.3 is 10.0 Å². The third-order valence-corrected chi connectivity index (χ3v) is 4.74. The molecule has 1 aliphatic rings. The van der Waals surface area contributed by atoms with Crippen molar-refractivity contribution in [2.45, 2.75) is 25.5 Å². The molecule has 0 unspecified atom stereocenters. The van der Waals surface area contributed by atoms with E-state index in [1.165, 1.54) is 12.1 Å². The van der Waals surface area contributed by atoms with E-state index in [9.17, 15) is 14.3 Å². The van der Waals surface area contributed by atoms with E-state index in [4.69, 9.17) is 0 Å². The molecule has 1 atom stereocenters. The van der Waals surface area contributed by atoms with Gasteiger partial charge in [-0.2, -0.15) is 11.8 Å². The van der Waals surface area contributed by atoms with E-state index in [-0.39, 0.29) is 11.7 Å². The highest BCUT2D eigenvalue weighted by Gasteiger charge is 2.24. The number of rotatable bonds is 6. The van der Waals surface area contributed by atoms with E-state index in [0.29, 0.717) is 19.5 Å². The van der Waals surface area contributed by atoms with Crippen LogP contribution in [0.4, 0.5) is 4.39 Å². The zero-order valence-corrected chi connectivity index (χ0v) is 14.4. The van der Waals surface area contributed by atoms with E-state index in [1.807, 2.05) is 6.26 Å². The van der Waals surface area contributed by atoms with Crippen LogP contribution in [0.1, 0.15) is 18.4 Å². The molecule has 1 aromatic rings. The first-order valence-corrected chi connectivity index (χ1v) is 9.42. The van der Waals surface area contributed by atoms with Gasteiger partial charge >= 0.3 is 0 Å². The summed E-state index contributed by atoms with van der Waals surface area (Å²) in [4.78, 5) is 16.3. The third kappa shape index (κ3) is 5.79. The molecule has 1 amide bonds. The molecule has 1 N–H and O–H groups in total. The molecule has 4 nitrogen and oxygen atoms in total. The molecule has 0 bridgehead atoms. The Kier molecular flexibility index (Phi) is 7.33. The van der Waals surface area contributed by atoms with Crippen LogP contribution in [0, 0.1) is 5.82 Å². The lowest BCUT2D eigenvalue weighted by Gasteiger charge is -2.24. The lowest BCUT2D eigenvalue weighted by Crippen LogP contribution is -2.41. The Morgan fingerprint density at radius 3 is 2.70 bits per heavy atom. The quantitative estimate of drug-likeness (QED) is 0.860. The van der Waals surface area contributed by atoms with Gasteiger partial charge in [0.1, 0.15) is 11.9 Å². The van der Waals surface area contributed by atoms with Crippen LogP contribution in [0.3, 0.4) is 0 Å². The summed E-state index contributed by atoms with van der Waals surface area (Å²) in [7, 11) is 0. The maximum Gasteiger partial charge on any atom is 0.251 e. The number of carbonyl (C=O) groups excluding carboxylic acids is 1. The summed E-state index contributed by atoms with van der Waals surface area (Å²) >= 11 is 1.64. The van der Waals surface area contributed by atoms with Crippen molar-refractivity contribution in [2.75, 3.05) is 38.2 Å². The molecular weight excluding hydrogens is 315 g/mol. The highest BCUT2D eigenvalue weighted by atomic mass is 32.2. The van der Waals surface area contributed by atoms with Gasteiger partial charge in [-0.1, -0.05) is 12.1 Å². The Morgan fingerprint density at radius 2 is 2.00 bits per heavy atom. The van der Waals surface area contributed by atoms with Gasteiger partial charge in [-0.25, -0.2) is 4.39 Å². The van der Waals surface area contributed by atoms with Crippen LogP contribution in [0.5, 0.6) is 0 Å². The average Bonchev–Trinajstić information content (AvgIpc) is 2.79. The number of aliphatic hydroxyl groups is 1. The van der Waals surface area contributed by atoms with E-state index in [2.05, 4.69) is 4.90 Å². The summed E-state index contributed by atoms with van der Waals surface area (Å²) in [5.74, 6) is 0.417. The van der Waals surface area contributed by atoms with Gasteiger partial charge in [0.2, 0.25) is 0 Å². The fourth-order valence-electron chi connectivity index (χ4n) is 2.76. The Morgan fingerprint density at radius 1 is 1.26 bits per heavy atom. The van der Waals surface area contributed by atoms with Gasteiger partial charge in [0.15, 0.2) is 0 Å². The van der Waals surface area contributed by atoms with Crippen molar-refractivity contribution in [1.29, 1.82) is 0 Å². The molecule has 1 fully saturated rings. The molecular formula is C17H25FN2O2S. The second-order valence-electron chi connectivity index (χ2n) is 5.88. The van der Waals surface area contributed by atoms with Crippen molar-refractivity contribution in [3.8, 4) is 0 Å². The number of halogens is 1. The fraction of sp³-hybridized carbons (Fsp3) is 0.588. The first-order chi connectivity index (χ1) is 11.1. The van der Waals surface area contributed by atoms with Gasteiger partial charge in [-0.15, -0.1) is 0 Å². The highest BCUT2D eigenvalue weighted by Crippen LogP contribution is 2.12. The minimum absolute atomic E-state index is 0.150. The minimum atomic E-state index is -0.883. The Bertz CT molecular complexity index is 498. The Labute approximate surface area is 141 Å². The zero-order chi connectivity index (χ0) is 16.7. The van der Waals surface area contributed by atoms with Gasteiger partial charge in [0.05, 0.1) is 0 Å². The normalized spacial score (nSPS) is 17.8. The minimum Gasteiger partial charge on any atom is -0.383 e.